The number of benzene rings is 2. The van der Waals surface area contributed by atoms with Crippen LogP contribution in [0.2, 0.25) is 0 Å². The maximum absolute atomic E-state index is 13.3. The number of aryl methyl sites for hydroxylation is 2. The number of thiocarbonyl (C=S) groups is 1. The fourth-order valence-electron chi connectivity index (χ4n) is 3.54. The van der Waals surface area contributed by atoms with E-state index in [2.05, 4.69) is 22.0 Å². The highest BCUT2D eigenvalue weighted by Crippen LogP contribution is 2.36. The molecule has 1 heterocycles. The van der Waals surface area contributed by atoms with Gasteiger partial charge in [-0.1, -0.05) is 6.07 Å². The van der Waals surface area contributed by atoms with E-state index in [1.165, 1.54) is 0 Å². The van der Waals surface area contributed by atoms with Crippen molar-refractivity contribution in [1.82, 2.24) is 10.6 Å². The fourth-order valence-corrected chi connectivity index (χ4v) is 3.81. The number of rotatable bonds is 5. The third-order valence-corrected chi connectivity index (χ3v) is 4.96. The Morgan fingerprint density at radius 2 is 1.72 bits per heavy atom. The van der Waals surface area contributed by atoms with Gasteiger partial charge in [0.15, 0.2) is 5.11 Å². The first kappa shape index (κ1) is 20.7. The van der Waals surface area contributed by atoms with Crippen molar-refractivity contribution in [1.29, 1.82) is 0 Å². The molecule has 2 aromatic rings. The monoisotopic (exact) mass is 411 g/mol. The molecule has 0 fully saturated rings. The molecule has 1 aliphatic heterocycles. The molecule has 0 spiro atoms. The van der Waals surface area contributed by atoms with E-state index in [0.717, 1.165) is 22.4 Å². The number of carbonyl (C=O) groups excluding carboxylic acids is 1. The Labute approximate surface area is 176 Å². The summed E-state index contributed by atoms with van der Waals surface area (Å²) in [5, 5.41) is 9.70. The Morgan fingerprint density at radius 3 is 2.34 bits per heavy atom. The smallest absolute Gasteiger partial charge is 0.255 e. The average molecular weight is 412 g/mol. The van der Waals surface area contributed by atoms with Crippen LogP contribution in [0.4, 0.5) is 5.69 Å². The number of anilines is 1. The zero-order valence-corrected chi connectivity index (χ0v) is 18.0. The second-order valence-corrected chi connectivity index (χ2v) is 7.42. The van der Waals surface area contributed by atoms with Crippen molar-refractivity contribution in [3.8, 4) is 11.5 Å². The van der Waals surface area contributed by atoms with Crippen LogP contribution in [0.25, 0.3) is 0 Å². The maximum atomic E-state index is 13.3. The molecule has 0 aromatic heterocycles. The van der Waals surface area contributed by atoms with Gasteiger partial charge in [-0.05, 0) is 74.4 Å². The van der Waals surface area contributed by atoms with Crippen molar-refractivity contribution in [2.24, 2.45) is 0 Å². The zero-order valence-electron chi connectivity index (χ0n) is 17.2. The summed E-state index contributed by atoms with van der Waals surface area (Å²) in [6.07, 6.45) is 0. The fraction of sp³-hybridized carbons (Fsp3) is 0.273. The molecule has 2 aromatic carbocycles. The molecule has 0 saturated heterocycles. The van der Waals surface area contributed by atoms with E-state index in [1.54, 1.807) is 14.2 Å². The summed E-state index contributed by atoms with van der Waals surface area (Å²) in [6.45, 7) is 5.84. The lowest BCUT2D eigenvalue weighted by atomic mass is 9.93. The largest absolute Gasteiger partial charge is 0.497 e. The van der Waals surface area contributed by atoms with Gasteiger partial charge in [-0.25, -0.2) is 0 Å². The lowest BCUT2D eigenvalue weighted by Gasteiger charge is -2.31. The Hall–Kier alpha value is -3.06. The first-order valence-corrected chi connectivity index (χ1v) is 9.63. The summed E-state index contributed by atoms with van der Waals surface area (Å²) in [4.78, 5) is 13.3. The van der Waals surface area contributed by atoms with Crippen LogP contribution < -0.4 is 25.4 Å². The van der Waals surface area contributed by atoms with Gasteiger partial charge in [-0.3, -0.25) is 4.79 Å². The minimum Gasteiger partial charge on any atom is -0.497 e. The van der Waals surface area contributed by atoms with Crippen LogP contribution in [0.5, 0.6) is 11.5 Å². The standard InChI is InChI=1S/C22H25N3O3S/c1-12-8-13(2)10-15(9-12)24-21(26)19-14(3)23-22(29)25-20(19)17-11-16(27-4)6-7-18(17)28-5/h6-11,20H,1-5H3,(H,24,26)(H2,23,25,29)/t20-/m0/s1. The summed E-state index contributed by atoms with van der Waals surface area (Å²) in [6, 6.07) is 10.9. The van der Waals surface area contributed by atoms with Gasteiger partial charge in [0, 0.05) is 16.9 Å². The summed E-state index contributed by atoms with van der Waals surface area (Å²) in [5.74, 6) is 1.08. The molecule has 0 saturated carbocycles. The Morgan fingerprint density at radius 1 is 1.03 bits per heavy atom. The third-order valence-electron chi connectivity index (χ3n) is 4.74. The van der Waals surface area contributed by atoms with Gasteiger partial charge in [-0.15, -0.1) is 0 Å². The second kappa shape index (κ2) is 8.53. The van der Waals surface area contributed by atoms with Crippen molar-refractivity contribution in [3.05, 3.63) is 64.4 Å². The minimum atomic E-state index is -0.486. The zero-order chi connectivity index (χ0) is 21.1. The molecule has 6 nitrogen and oxygen atoms in total. The van der Waals surface area contributed by atoms with E-state index in [9.17, 15) is 4.79 Å². The average Bonchev–Trinajstić information content (AvgIpc) is 2.65. The van der Waals surface area contributed by atoms with Gasteiger partial charge in [0.25, 0.3) is 5.91 Å². The van der Waals surface area contributed by atoms with Crippen molar-refractivity contribution in [2.75, 3.05) is 19.5 Å². The first-order chi connectivity index (χ1) is 13.8. The predicted octanol–water partition coefficient (Wildman–Crippen LogP) is 3.75. The highest BCUT2D eigenvalue weighted by molar-refractivity contribution is 7.80. The van der Waals surface area contributed by atoms with E-state index in [1.807, 2.05) is 51.1 Å². The van der Waals surface area contributed by atoms with Gasteiger partial charge < -0.3 is 25.4 Å². The van der Waals surface area contributed by atoms with Gasteiger partial charge in [-0.2, -0.15) is 0 Å². The molecule has 0 aliphatic carbocycles. The molecular weight excluding hydrogens is 386 g/mol. The summed E-state index contributed by atoms with van der Waals surface area (Å²) in [7, 11) is 3.19. The summed E-state index contributed by atoms with van der Waals surface area (Å²) < 4.78 is 10.9. The molecule has 3 N–H and O–H groups in total. The molecule has 0 radical (unpaired) electrons. The molecule has 1 atom stereocenters. The van der Waals surface area contributed by atoms with Gasteiger partial charge in [0.05, 0.1) is 25.8 Å². The normalized spacial score (nSPS) is 16.0. The lowest BCUT2D eigenvalue weighted by molar-refractivity contribution is -0.113. The number of methoxy groups -OCH3 is 2. The molecule has 29 heavy (non-hydrogen) atoms. The molecule has 0 unspecified atom stereocenters. The third kappa shape index (κ3) is 4.51. The van der Waals surface area contributed by atoms with Crippen molar-refractivity contribution in [3.63, 3.8) is 0 Å². The van der Waals surface area contributed by atoms with Gasteiger partial charge >= 0.3 is 0 Å². The van der Waals surface area contributed by atoms with E-state index in [0.29, 0.717) is 27.9 Å². The van der Waals surface area contributed by atoms with Gasteiger partial charge in [0.1, 0.15) is 11.5 Å². The van der Waals surface area contributed by atoms with Crippen LogP contribution in [0.15, 0.2) is 47.7 Å². The molecule has 0 bridgehead atoms. The van der Waals surface area contributed by atoms with Crippen molar-refractivity contribution < 1.29 is 14.3 Å². The van der Waals surface area contributed by atoms with Gasteiger partial charge in [0.2, 0.25) is 0 Å². The number of ether oxygens (including phenoxy) is 2. The molecule has 1 aliphatic rings. The Kier molecular flexibility index (Phi) is 6.08. The maximum Gasteiger partial charge on any atom is 0.255 e. The molecule has 152 valence electrons. The number of amides is 1. The number of allylic oxidation sites excluding steroid dienone is 1. The number of hydrogen-bond donors (Lipinski definition) is 3. The van der Waals surface area contributed by atoms with Crippen molar-refractivity contribution >= 4 is 28.9 Å². The second-order valence-electron chi connectivity index (χ2n) is 7.01. The highest BCUT2D eigenvalue weighted by atomic mass is 32.1. The van der Waals surface area contributed by atoms with Crippen LogP contribution in [0.3, 0.4) is 0 Å². The van der Waals surface area contributed by atoms with Crippen LogP contribution in [0.1, 0.15) is 29.7 Å². The Balaban J connectivity index is 2.03. The van der Waals surface area contributed by atoms with Crippen LogP contribution in [-0.4, -0.2) is 25.2 Å². The SMILES string of the molecule is COc1ccc(OC)c([C@@H]2NC(=S)NC(C)=C2C(=O)Nc2cc(C)cc(C)c2)c1. The first-order valence-electron chi connectivity index (χ1n) is 9.22. The number of nitrogens with one attached hydrogen (secondary N) is 3. The van der Waals surface area contributed by atoms with E-state index >= 15 is 0 Å². The topological polar surface area (TPSA) is 71.6 Å². The highest BCUT2D eigenvalue weighted by Gasteiger charge is 2.32. The molecule has 1 amide bonds. The minimum absolute atomic E-state index is 0.218. The Bertz CT molecular complexity index is 981. The molecule has 3 rings (SSSR count). The summed E-state index contributed by atoms with van der Waals surface area (Å²) >= 11 is 5.34. The summed E-state index contributed by atoms with van der Waals surface area (Å²) in [5.41, 5.74) is 4.89. The quantitative estimate of drug-likeness (QED) is 0.651. The number of carbonyl (C=O) groups is 1. The predicted molar refractivity (Wildman–Crippen MR) is 118 cm³/mol. The van der Waals surface area contributed by atoms with Crippen LogP contribution in [0, 0.1) is 13.8 Å². The van der Waals surface area contributed by atoms with Crippen molar-refractivity contribution in [2.45, 2.75) is 26.8 Å². The van der Waals surface area contributed by atoms with E-state index < -0.39 is 6.04 Å². The van der Waals surface area contributed by atoms with Crippen LogP contribution >= 0.6 is 12.2 Å². The van der Waals surface area contributed by atoms with E-state index in [4.69, 9.17) is 21.7 Å². The number of hydrogen-bond acceptors (Lipinski definition) is 4. The van der Waals surface area contributed by atoms with Crippen LogP contribution in [-0.2, 0) is 4.79 Å². The molecule has 7 heteroatoms. The molecular formula is C22H25N3O3S. The van der Waals surface area contributed by atoms with E-state index in [-0.39, 0.29) is 5.91 Å². The lowest BCUT2D eigenvalue weighted by Crippen LogP contribution is -2.45.